The van der Waals surface area contributed by atoms with Gasteiger partial charge in [0.1, 0.15) is 0 Å². The lowest BCUT2D eigenvalue weighted by atomic mass is 10.0. The zero-order valence-electron chi connectivity index (χ0n) is 9.34. The van der Waals surface area contributed by atoms with Crippen LogP contribution in [-0.4, -0.2) is 16.1 Å². The van der Waals surface area contributed by atoms with E-state index < -0.39 is 48.4 Å². The van der Waals surface area contributed by atoms with Gasteiger partial charge in [0.05, 0.1) is 17.7 Å². The van der Waals surface area contributed by atoms with E-state index in [1.165, 1.54) is 0 Å². The average Bonchev–Trinajstić information content (AvgIpc) is 2.25. The molecule has 0 atom stereocenters. The molecule has 0 bridgehead atoms. The zero-order valence-corrected chi connectivity index (χ0v) is 9.34. The molecule has 9 heteroatoms. The van der Waals surface area contributed by atoms with Crippen molar-refractivity contribution in [1.29, 1.82) is 0 Å². The first-order valence-electron chi connectivity index (χ1n) is 4.96. The fraction of sp³-hybridized carbons (Fsp3) is 0.400. The van der Waals surface area contributed by atoms with Gasteiger partial charge in [0, 0.05) is 6.54 Å². The highest BCUT2D eigenvalue weighted by Gasteiger charge is 2.39. The van der Waals surface area contributed by atoms with Crippen LogP contribution in [0.15, 0.2) is 6.07 Å². The third-order valence-corrected chi connectivity index (χ3v) is 2.23. The van der Waals surface area contributed by atoms with Crippen LogP contribution in [-0.2, 0) is 23.9 Å². The van der Waals surface area contributed by atoms with Crippen molar-refractivity contribution < 1.29 is 31.9 Å². The first kappa shape index (κ1) is 15.3. The number of carbonyl (C=O) groups is 1. The maximum Gasteiger partial charge on any atom is 0.433 e. The molecule has 4 nitrogen and oxygen atoms in total. The number of hydrogen-bond acceptors (Lipinski definition) is 3. The van der Waals surface area contributed by atoms with Crippen molar-refractivity contribution in [1.82, 2.24) is 4.98 Å². The molecule has 0 fully saturated rings. The maximum atomic E-state index is 12.7. The Balaban J connectivity index is 3.55. The average molecular weight is 284 g/mol. The normalized spacial score (nSPS) is 11.9. The van der Waals surface area contributed by atoms with Crippen LogP contribution in [0.2, 0.25) is 0 Å². The van der Waals surface area contributed by atoms with E-state index in [9.17, 15) is 26.7 Å². The van der Waals surface area contributed by atoms with Crippen LogP contribution in [0.25, 0.3) is 0 Å². The monoisotopic (exact) mass is 284 g/mol. The number of aromatic nitrogens is 1. The molecule has 1 rings (SSSR count). The van der Waals surface area contributed by atoms with Gasteiger partial charge in [-0.3, -0.25) is 4.79 Å². The highest BCUT2D eigenvalue weighted by Crippen LogP contribution is 2.37. The Morgan fingerprint density at radius 3 is 2.37 bits per heavy atom. The van der Waals surface area contributed by atoms with E-state index in [2.05, 4.69) is 4.98 Å². The molecule has 1 aromatic heterocycles. The van der Waals surface area contributed by atoms with Gasteiger partial charge in [0.25, 0.3) is 6.43 Å². The summed E-state index contributed by atoms with van der Waals surface area (Å²) < 4.78 is 63.5. The summed E-state index contributed by atoms with van der Waals surface area (Å²) in [5.74, 6) is -1.52. The first-order chi connectivity index (χ1) is 8.66. The van der Waals surface area contributed by atoms with Gasteiger partial charge in [-0.15, -0.1) is 0 Å². The maximum absolute atomic E-state index is 12.7. The van der Waals surface area contributed by atoms with Gasteiger partial charge in [-0.1, -0.05) is 0 Å². The number of aliphatic carboxylic acids is 1. The summed E-state index contributed by atoms with van der Waals surface area (Å²) in [6.07, 6.45) is -9.55. The highest BCUT2D eigenvalue weighted by molar-refractivity contribution is 5.71. The molecular weight excluding hydrogens is 275 g/mol. The smallest absolute Gasteiger partial charge is 0.433 e. The minimum absolute atomic E-state index is 0.298. The summed E-state index contributed by atoms with van der Waals surface area (Å²) in [5, 5.41) is 8.55. The van der Waals surface area contributed by atoms with Crippen molar-refractivity contribution in [3.8, 4) is 0 Å². The molecule has 0 aliphatic rings. The summed E-state index contributed by atoms with van der Waals surface area (Å²) in [4.78, 5) is 13.6. The van der Waals surface area contributed by atoms with E-state index >= 15 is 0 Å². The number of halogens is 5. The zero-order chi connectivity index (χ0) is 14.8. The van der Waals surface area contributed by atoms with Gasteiger partial charge < -0.3 is 10.8 Å². The lowest BCUT2D eigenvalue weighted by molar-refractivity contribution is -0.143. The SMILES string of the molecule is NCc1cc(CC(=O)O)c(C(F)F)c(C(F)(F)F)n1. The van der Waals surface area contributed by atoms with Crippen LogP contribution >= 0.6 is 0 Å². The molecule has 3 N–H and O–H groups in total. The second-order valence-electron chi connectivity index (χ2n) is 3.61. The topological polar surface area (TPSA) is 76.2 Å². The van der Waals surface area contributed by atoms with Crippen LogP contribution in [0.4, 0.5) is 22.0 Å². The predicted molar refractivity (Wildman–Crippen MR) is 53.4 cm³/mol. The number of nitrogens with zero attached hydrogens (tertiary/aromatic N) is 1. The number of carboxylic acid groups (broad SMARTS) is 1. The van der Waals surface area contributed by atoms with E-state index in [4.69, 9.17) is 10.8 Å². The van der Waals surface area contributed by atoms with Crippen LogP contribution in [0.1, 0.15) is 28.9 Å². The van der Waals surface area contributed by atoms with Crippen LogP contribution in [0.5, 0.6) is 0 Å². The van der Waals surface area contributed by atoms with Crippen LogP contribution in [0.3, 0.4) is 0 Å². The molecule has 1 heterocycles. The quantitative estimate of drug-likeness (QED) is 0.830. The molecule has 0 saturated carbocycles. The summed E-state index contributed by atoms with van der Waals surface area (Å²) in [7, 11) is 0. The minimum atomic E-state index is -5.11. The fourth-order valence-corrected chi connectivity index (χ4v) is 1.54. The van der Waals surface area contributed by atoms with Crippen molar-refractivity contribution in [3.63, 3.8) is 0 Å². The number of hydrogen-bond donors (Lipinski definition) is 2. The van der Waals surface area contributed by atoms with E-state index in [0.717, 1.165) is 6.07 Å². The van der Waals surface area contributed by atoms with Gasteiger partial charge in [-0.2, -0.15) is 13.2 Å². The van der Waals surface area contributed by atoms with E-state index in [0.29, 0.717) is 0 Å². The Kier molecular flexibility index (Phi) is 4.40. The van der Waals surface area contributed by atoms with Crippen molar-refractivity contribution in [2.24, 2.45) is 5.73 Å². The van der Waals surface area contributed by atoms with Gasteiger partial charge in [0.15, 0.2) is 5.69 Å². The number of alkyl halides is 5. The largest absolute Gasteiger partial charge is 0.481 e. The van der Waals surface area contributed by atoms with Gasteiger partial charge in [-0.25, -0.2) is 13.8 Å². The van der Waals surface area contributed by atoms with Crippen LogP contribution < -0.4 is 5.73 Å². The molecule has 0 unspecified atom stereocenters. The molecule has 0 spiro atoms. The predicted octanol–water partition coefficient (Wildman–Crippen LogP) is 2.12. The third kappa shape index (κ3) is 3.60. The Labute approximate surface area is 104 Å². The molecular formula is C10H9F5N2O2. The minimum Gasteiger partial charge on any atom is -0.481 e. The van der Waals surface area contributed by atoms with Crippen molar-refractivity contribution >= 4 is 5.97 Å². The van der Waals surface area contributed by atoms with Gasteiger partial charge in [-0.05, 0) is 11.6 Å². The van der Waals surface area contributed by atoms with Crippen molar-refractivity contribution in [2.45, 2.75) is 25.6 Å². The molecule has 19 heavy (non-hydrogen) atoms. The van der Waals surface area contributed by atoms with E-state index in [-0.39, 0.29) is 5.69 Å². The molecule has 0 aliphatic heterocycles. The molecule has 1 aromatic rings. The second-order valence-corrected chi connectivity index (χ2v) is 3.61. The standard InChI is InChI=1S/C10H9F5N2O2/c11-9(12)7-4(2-6(18)19)1-5(3-16)17-8(7)10(13,14)15/h1,9H,2-3,16H2,(H,18,19). The molecule has 106 valence electrons. The Hall–Kier alpha value is -1.77. The summed E-state index contributed by atoms with van der Waals surface area (Å²) in [6.45, 7) is -0.417. The first-order valence-corrected chi connectivity index (χ1v) is 4.96. The Morgan fingerprint density at radius 2 is 2.00 bits per heavy atom. The van der Waals surface area contributed by atoms with Crippen molar-refractivity contribution in [2.75, 3.05) is 0 Å². The van der Waals surface area contributed by atoms with Gasteiger partial charge in [0.2, 0.25) is 0 Å². The third-order valence-electron chi connectivity index (χ3n) is 2.23. The lowest BCUT2D eigenvalue weighted by Gasteiger charge is -2.16. The highest BCUT2D eigenvalue weighted by atomic mass is 19.4. The van der Waals surface area contributed by atoms with E-state index in [1.54, 1.807) is 0 Å². The Bertz CT molecular complexity index is 488. The van der Waals surface area contributed by atoms with Crippen molar-refractivity contribution in [3.05, 3.63) is 28.6 Å². The molecule has 0 radical (unpaired) electrons. The molecule has 0 aliphatic carbocycles. The number of nitrogens with two attached hydrogens (primary N) is 1. The summed E-state index contributed by atoms with van der Waals surface area (Å²) >= 11 is 0. The van der Waals surface area contributed by atoms with Crippen LogP contribution in [0, 0.1) is 0 Å². The molecule has 0 amide bonds. The number of pyridine rings is 1. The summed E-state index contributed by atoms with van der Waals surface area (Å²) in [6, 6.07) is 0.852. The lowest BCUT2D eigenvalue weighted by Crippen LogP contribution is -2.18. The van der Waals surface area contributed by atoms with E-state index in [1.807, 2.05) is 0 Å². The van der Waals surface area contributed by atoms with Gasteiger partial charge >= 0.3 is 12.1 Å². The molecule has 0 saturated heterocycles. The second kappa shape index (κ2) is 5.47. The fourth-order valence-electron chi connectivity index (χ4n) is 1.54. The number of carboxylic acids is 1. The Morgan fingerprint density at radius 1 is 1.42 bits per heavy atom. The number of rotatable bonds is 4. The summed E-state index contributed by atoms with van der Waals surface area (Å²) in [5.41, 5.74) is 0.991. The molecule has 0 aromatic carbocycles.